The third kappa shape index (κ3) is 7.33. The Kier molecular flexibility index (Phi) is 10.2. The number of pyridine rings is 1. The van der Waals surface area contributed by atoms with Gasteiger partial charge in [0.25, 0.3) is 0 Å². The summed E-state index contributed by atoms with van der Waals surface area (Å²) in [6.45, 7) is 9.41. The monoisotopic (exact) mass is 849 g/mol. The molecule has 318 valence electrons. The molecule has 0 aliphatic heterocycles. The van der Waals surface area contributed by atoms with Gasteiger partial charge in [-0.15, -0.1) is 0 Å². The van der Waals surface area contributed by atoms with E-state index < -0.39 is 0 Å². The fraction of sp³-hybridized carbons (Fsp3) is 0.0952. The van der Waals surface area contributed by atoms with Crippen LogP contribution in [0.25, 0.3) is 46.6 Å². The Hall–Kier alpha value is -8.01. The molecule has 9 aromatic rings. The number of fused-ring (bicyclic) bond motifs is 6. The first-order valence-corrected chi connectivity index (χ1v) is 22.9. The van der Waals surface area contributed by atoms with Crippen LogP contribution in [0.5, 0.6) is 0 Å². The van der Waals surface area contributed by atoms with Crippen LogP contribution in [0.3, 0.4) is 0 Å². The van der Waals surface area contributed by atoms with Crippen LogP contribution in [0, 0.1) is 0 Å². The van der Waals surface area contributed by atoms with Gasteiger partial charge in [-0.3, -0.25) is 4.98 Å². The van der Waals surface area contributed by atoms with Crippen molar-refractivity contribution < 1.29 is 0 Å². The molecule has 0 spiro atoms. The first kappa shape index (κ1) is 40.7. The number of hydrogen-bond acceptors (Lipinski definition) is 3. The highest BCUT2D eigenvalue weighted by molar-refractivity contribution is 5.89. The number of anilines is 6. The zero-order valence-corrected chi connectivity index (χ0v) is 37.9. The molecule has 0 N–H and O–H groups in total. The normalized spacial score (nSPS) is 13.9. The molecule has 0 amide bonds. The summed E-state index contributed by atoms with van der Waals surface area (Å²) < 4.78 is 0. The molecule has 0 bridgehead atoms. The summed E-state index contributed by atoms with van der Waals surface area (Å²) in [6.07, 6.45) is 10.6. The summed E-state index contributed by atoms with van der Waals surface area (Å²) in [7, 11) is 0. The second kappa shape index (κ2) is 16.5. The summed E-state index contributed by atoms with van der Waals surface area (Å²) in [4.78, 5) is 9.53. The third-order valence-corrected chi connectivity index (χ3v) is 13.7. The van der Waals surface area contributed by atoms with Gasteiger partial charge in [-0.1, -0.05) is 173 Å². The van der Waals surface area contributed by atoms with E-state index in [9.17, 15) is 0 Å². The first-order chi connectivity index (χ1) is 32.2. The molecule has 1 aromatic heterocycles. The minimum atomic E-state index is -0.162. The Labute approximate surface area is 389 Å². The van der Waals surface area contributed by atoms with Gasteiger partial charge in [0.15, 0.2) is 0 Å². The molecule has 11 rings (SSSR count). The van der Waals surface area contributed by atoms with Gasteiger partial charge >= 0.3 is 0 Å². The van der Waals surface area contributed by atoms with Crippen molar-refractivity contribution in [2.75, 3.05) is 9.80 Å². The van der Waals surface area contributed by atoms with Crippen molar-refractivity contribution >= 4 is 58.4 Å². The molecule has 3 nitrogen and oxygen atoms in total. The van der Waals surface area contributed by atoms with E-state index >= 15 is 0 Å². The maximum atomic E-state index is 4.84. The highest BCUT2D eigenvalue weighted by Gasteiger charge is 2.37. The number of hydrogen-bond donors (Lipinski definition) is 0. The topological polar surface area (TPSA) is 19.4 Å². The highest BCUT2D eigenvalue weighted by Crippen LogP contribution is 2.52. The van der Waals surface area contributed by atoms with Crippen molar-refractivity contribution in [1.29, 1.82) is 0 Å². The molecule has 0 saturated carbocycles. The van der Waals surface area contributed by atoms with E-state index in [4.69, 9.17) is 4.98 Å². The van der Waals surface area contributed by atoms with Gasteiger partial charge in [0.2, 0.25) is 0 Å². The molecule has 0 unspecified atom stereocenters. The second-order valence-electron chi connectivity index (χ2n) is 18.5. The summed E-state index contributed by atoms with van der Waals surface area (Å²) in [5, 5.41) is 0. The van der Waals surface area contributed by atoms with E-state index in [-0.39, 0.29) is 10.8 Å². The Morgan fingerprint density at radius 1 is 0.318 bits per heavy atom. The van der Waals surface area contributed by atoms with Gasteiger partial charge < -0.3 is 9.80 Å². The van der Waals surface area contributed by atoms with Crippen molar-refractivity contribution in [2.45, 2.75) is 38.5 Å². The van der Waals surface area contributed by atoms with Gasteiger partial charge in [-0.2, -0.15) is 0 Å². The third-order valence-electron chi connectivity index (χ3n) is 13.7. The molecule has 66 heavy (non-hydrogen) atoms. The lowest BCUT2D eigenvalue weighted by molar-refractivity contribution is 0.660. The molecule has 2 aliphatic rings. The van der Waals surface area contributed by atoms with Crippen molar-refractivity contribution in [3.05, 3.63) is 257 Å². The quantitative estimate of drug-likeness (QED) is 0.137. The Bertz CT molecular complexity index is 2970. The molecular weight excluding hydrogens is 799 g/mol. The molecule has 0 saturated heterocycles. The van der Waals surface area contributed by atoms with Crippen LogP contribution in [0.15, 0.2) is 212 Å². The maximum Gasteiger partial charge on any atom is 0.0630 e. The molecule has 0 fully saturated rings. The Morgan fingerprint density at radius 3 is 1.03 bits per heavy atom. The molecule has 8 aromatic carbocycles. The Morgan fingerprint density at radius 2 is 0.652 bits per heavy atom. The van der Waals surface area contributed by atoms with E-state index in [1.807, 2.05) is 6.20 Å². The second-order valence-corrected chi connectivity index (χ2v) is 18.5. The van der Waals surface area contributed by atoms with Gasteiger partial charge in [-0.05, 0) is 146 Å². The number of benzene rings is 8. The maximum absolute atomic E-state index is 4.84. The highest BCUT2D eigenvalue weighted by atomic mass is 15.1. The number of aromatic nitrogens is 1. The number of nitrogens with zero attached hydrogens (tertiary/aromatic N) is 3. The number of rotatable bonds is 10. The van der Waals surface area contributed by atoms with Crippen LogP contribution in [0.1, 0.15) is 72.3 Å². The van der Waals surface area contributed by atoms with Crippen LogP contribution in [-0.4, -0.2) is 4.98 Å². The lowest BCUT2D eigenvalue weighted by atomic mass is 9.81. The van der Waals surface area contributed by atoms with E-state index in [2.05, 4.69) is 268 Å². The molecule has 0 radical (unpaired) electrons. The summed E-state index contributed by atoms with van der Waals surface area (Å²) in [5.41, 5.74) is 21.5. The van der Waals surface area contributed by atoms with Crippen molar-refractivity contribution in [3.63, 3.8) is 0 Å². The number of para-hydroxylation sites is 4. The SMILES string of the molecule is CC1(C)c2cc(C=Cc3ccc(C=Cc4ccc5c(c4)C(C)(C)c4cc(N(c6ccccc6)c6ccccc6)ccc4-5)nc3)ccc2-c2ccc(N(c3ccccc3)c3ccccc3)cc21. The van der Waals surface area contributed by atoms with Gasteiger partial charge in [0.05, 0.1) is 5.69 Å². The smallest absolute Gasteiger partial charge is 0.0630 e. The zero-order chi connectivity index (χ0) is 44.8. The van der Waals surface area contributed by atoms with Crippen LogP contribution < -0.4 is 9.80 Å². The van der Waals surface area contributed by atoms with E-state index in [1.165, 1.54) is 55.6 Å². The molecule has 2 aliphatic carbocycles. The largest absolute Gasteiger partial charge is 0.310 e. The minimum absolute atomic E-state index is 0.159. The van der Waals surface area contributed by atoms with Crippen molar-refractivity contribution in [1.82, 2.24) is 4.98 Å². The summed E-state index contributed by atoms with van der Waals surface area (Å²) in [6, 6.07) is 74.4. The van der Waals surface area contributed by atoms with Gasteiger partial charge in [0, 0.05) is 51.2 Å². The fourth-order valence-corrected chi connectivity index (χ4v) is 10.2. The zero-order valence-electron chi connectivity index (χ0n) is 37.9. The molecule has 1 heterocycles. The fourth-order valence-electron chi connectivity index (χ4n) is 10.2. The Balaban J connectivity index is 0.796. The van der Waals surface area contributed by atoms with Crippen molar-refractivity contribution in [2.24, 2.45) is 0 Å². The van der Waals surface area contributed by atoms with E-state index in [0.717, 1.165) is 45.4 Å². The van der Waals surface area contributed by atoms with Gasteiger partial charge in [0.1, 0.15) is 0 Å². The minimum Gasteiger partial charge on any atom is -0.310 e. The predicted molar refractivity (Wildman–Crippen MR) is 279 cm³/mol. The standard InChI is InChI=1S/C63H51N3/c1-62(2)58-39-44(29-35-54(58)56-37-33-52(41-60(56)62)65(48-17-9-5-10-18-48)49-19-11-6-12-20-49)25-26-46-28-32-47(64-43-46)31-27-45-30-36-55-57-38-34-53(42-61(57)63(3,4)59(55)40-45)66(50-21-13-7-14-22-50)51-23-15-8-16-24-51/h5-43H,1-4H3. The van der Waals surface area contributed by atoms with Gasteiger partial charge in [-0.25, -0.2) is 0 Å². The lowest BCUT2D eigenvalue weighted by Gasteiger charge is -2.28. The summed E-state index contributed by atoms with van der Waals surface area (Å²) in [5.74, 6) is 0. The molecular formula is C63H51N3. The van der Waals surface area contributed by atoms with E-state index in [1.54, 1.807) is 0 Å². The average Bonchev–Trinajstić information content (AvgIpc) is 3.72. The lowest BCUT2D eigenvalue weighted by Crippen LogP contribution is -2.16. The first-order valence-electron chi connectivity index (χ1n) is 22.9. The molecule has 0 atom stereocenters. The van der Waals surface area contributed by atoms with Crippen LogP contribution in [-0.2, 0) is 10.8 Å². The van der Waals surface area contributed by atoms with Crippen LogP contribution in [0.4, 0.5) is 34.1 Å². The van der Waals surface area contributed by atoms with Crippen molar-refractivity contribution in [3.8, 4) is 22.3 Å². The molecule has 3 heteroatoms. The predicted octanol–water partition coefficient (Wildman–Crippen LogP) is 17.0. The van der Waals surface area contributed by atoms with E-state index in [0.29, 0.717) is 0 Å². The van der Waals surface area contributed by atoms with Crippen LogP contribution in [0.2, 0.25) is 0 Å². The van der Waals surface area contributed by atoms with Crippen LogP contribution >= 0.6 is 0 Å². The average molecular weight is 850 g/mol. The summed E-state index contributed by atoms with van der Waals surface area (Å²) >= 11 is 0.